The molecule has 0 fully saturated rings. The number of benzene rings is 2. The van der Waals surface area contributed by atoms with Crippen LogP contribution in [0.1, 0.15) is 10.4 Å². The molecule has 0 aliphatic carbocycles. The van der Waals surface area contributed by atoms with Gasteiger partial charge in [-0.1, -0.05) is 24.3 Å². The molecule has 3 rings (SSSR count). The third kappa shape index (κ3) is 2.36. The lowest BCUT2D eigenvalue weighted by Crippen LogP contribution is -2.01. The van der Waals surface area contributed by atoms with Crippen LogP contribution < -0.4 is 0 Å². The molecule has 1 heterocycles. The summed E-state index contributed by atoms with van der Waals surface area (Å²) in [4.78, 5) is 15.8. The number of carbonyl (C=O) groups is 1. The van der Waals surface area contributed by atoms with E-state index in [2.05, 4.69) is 4.98 Å². The van der Waals surface area contributed by atoms with Crippen LogP contribution >= 0.6 is 0 Å². The van der Waals surface area contributed by atoms with Crippen LogP contribution in [0.2, 0.25) is 0 Å². The normalized spacial score (nSPS) is 10.6. The van der Waals surface area contributed by atoms with Gasteiger partial charge in [0.05, 0.1) is 12.7 Å². The van der Waals surface area contributed by atoms with E-state index in [0.29, 0.717) is 11.1 Å². The van der Waals surface area contributed by atoms with Gasteiger partial charge in [-0.2, -0.15) is 0 Å². The zero-order chi connectivity index (χ0) is 14.8. The molecule has 104 valence electrons. The first-order valence-corrected chi connectivity index (χ1v) is 6.42. The van der Waals surface area contributed by atoms with Crippen molar-refractivity contribution in [2.24, 2.45) is 0 Å². The molecule has 3 aromatic rings. The molecule has 0 saturated carbocycles. The Balaban J connectivity index is 2.28. The van der Waals surface area contributed by atoms with Gasteiger partial charge in [-0.3, -0.25) is 4.98 Å². The maximum atomic E-state index is 14.0. The lowest BCUT2D eigenvalue weighted by Gasteiger charge is -2.08. The number of carbonyl (C=O) groups excluding carboxylic acids is 1. The van der Waals surface area contributed by atoms with Crippen molar-refractivity contribution >= 4 is 16.7 Å². The summed E-state index contributed by atoms with van der Waals surface area (Å²) in [6, 6.07) is 13.6. The summed E-state index contributed by atoms with van der Waals surface area (Å²) in [5, 5.41) is 1.67. The van der Waals surface area contributed by atoms with E-state index >= 15 is 0 Å². The maximum absolute atomic E-state index is 14.0. The van der Waals surface area contributed by atoms with E-state index < -0.39 is 11.8 Å². The molecule has 0 amide bonds. The predicted octanol–water partition coefficient (Wildman–Crippen LogP) is 3.83. The van der Waals surface area contributed by atoms with E-state index in [4.69, 9.17) is 4.74 Å². The quantitative estimate of drug-likeness (QED) is 0.670. The largest absolute Gasteiger partial charge is 0.465 e. The molecule has 4 heteroatoms. The van der Waals surface area contributed by atoms with Crippen LogP contribution in [0, 0.1) is 5.82 Å². The molecule has 0 aliphatic heterocycles. The van der Waals surface area contributed by atoms with Crippen molar-refractivity contribution in [3.63, 3.8) is 0 Å². The topological polar surface area (TPSA) is 39.2 Å². The van der Waals surface area contributed by atoms with Gasteiger partial charge in [0.1, 0.15) is 11.5 Å². The standard InChI is InChI=1S/C17H12FNO2/c1-21-17(20)12-8-7-11-4-2-5-13(14(11)10-12)16-15(18)6-3-9-19-16/h2-10H,1H3. The van der Waals surface area contributed by atoms with Crippen LogP contribution in [-0.4, -0.2) is 18.1 Å². The van der Waals surface area contributed by atoms with E-state index in [-0.39, 0.29) is 5.69 Å². The van der Waals surface area contributed by atoms with Gasteiger partial charge in [0, 0.05) is 11.8 Å². The first kappa shape index (κ1) is 13.2. The number of aromatic nitrogens is 1. The second-order valence-electron chi connectivity index (χ2n) is 4.57. The summed E-state index contributed by atoms with van der Waals surface area (Å²) in [6.07, 6.45) is 1.54. The highest BCUT2D eigenvalue weighted by Crippen LogP contribution is 2.29. The average molecular weight is 281 g/mol. The number of esters is 1. The fourth-order valence-corrected chi connectivity index (χ4v) is 2.31. The summed E-state index contributed by atoms with van der Waals surface area (Å²) in [5.74, 6) is -0.818. The molecule has 2 aromatic carbocycles. The second-order valence-corrected chi connectivity index (χ2v) is 4.57. The fourth-order valence-electron chi connectivity index (χ4n) is 2.31. The molecule has 3 nitrogen and oxygen atoms in total. The Kier molecular flexibility index (Phi) is 3.36. The molecule has 21 heavy (non-hydrogen) atoms. The van der Waals surface area contributed by atoms with Crippen molar-refractivity contribution in [1.82, 2.24) is 4.98 Å². The third-order valence-electron chi connectivity index (χ3n) is 3.32. The predicted molar refractivity (Wildman–Crippen MR) is 78.5 cm³/mol. The molecular weight excluding hydrogens is 269 g/mol. The highest BCUT2D eigenvalue weighted by Gasteiger charge is 2.12. The smallest absolute Gasteiger partial charge is 0.337 e. The molecule has 0 spiro atoms. The molecule has 1 aromatic heterocycles. The molecule has 0 atom stereocenters. The summed E-state index contributed by atoms with van der Waals surface area (Å²) < 4.78 is 18.7. The summed E-state index contributed by atoms with van der Waals surface area (Å²) in [5.41, 5.74) is 1.34. The number of pyridine rings is 1. The highest BCUT2D eigenvalue weighted by molar-refractivity contribution is 6.01. The second kappa shape index (κ2) is 5.32. The number of hydrogen-bond acceptors (Lipinski definition) is 3. The monoisotopic (exact) mass is 281 g/mol. The Morgan fingerprint density at radius 2 is 2.00 bits per heavy atom. The number of methoxy groups -OCH3 is 1. The van der Waals surface area contributed by atoms with Gasteiger partial charge in [-0.25, -0.2) is 9.18 Å². The maximum Gasteiger partial charge on any atom is 0.337 e. The van der Waals surface area contributed by atoms with Crippen molar-refractivity contribution in [3.05, 3.63) is 66.1 Å². The van der Waals surface area contributed by atoms with Crippen molar-refractivity contribution in [2.75, 3.05) is 7.11 Å². The number of hydrogen-bond donors (Lipinski definition) is 0. The van der Waals surface area contributed by atoms with Crippen LogP contribution in [-0.2, 0) is 4.74 Å². The van der Waals surface area contributed by atoms with Gasteiger partial charge >= 0.3 is 5.97 Å². The minimum atomic E-state index is -0.423. The van der Waals surface area contributed by atoms with Gasteiger partial charge < -0.3 is 4.74 Å². The average Bonchev–Trinajstić information content (AvgIpc) is 2.53. The number of rotatable bonds is 2. The van der Waals surface area contributed by atoms with Crippen LogP contribution in [0.4, 0.5) is 4.39 Å². The first-order valence-electron chi connectivity index (χ1n) is 6.42. The lowest BCUT2D eigenvalue weighted by molar-refractivity contribution is 0.0601. The van der Waals surface area contributed by atoms with Gasteiger partial charge in [-0.05, 0) is 35.0 Å². The van der Waals surface area contributed by atoms with Gasteiger partial charge in [0.2, 0.25) is 0 Å². The van der Waals surface area contributed by atoms with Crippen LogP contribution in [0.5, 0.6) is 0 Å². The zero-order valence-electron chi connectivity index (χ0n) is 11.3. The number of nitrogens with zero attached hydrogens (tertiary/aromatic N) is 1. The number of fused-ring (bicyclic) bond motifs is 1. The van der Waals surface area contributed by atoms with Gasteiger partial charge in [0.15, 0.2) is 0 Å². The number of ether oxygens (including phenoxy) is 1. The molecular formula is C17H12FNO2. The van der Waals surface area contributed by atoms with Crippen molar-refractivity contribution in [1.29, 1.82) is 0 Å². The SMILES string of the molecule is COC(=O)c1ccc2cccc(-c3ncccc3F)c2c1. The minimum Gasteiger partial charge on any atom is -0.465 e. The summed E-state index contributed by atoms with van der Waals surface area (Å²) in [6.45, 7) is 0. The summed E-state index contributed by atoms with van der Waals surface area (Å²) in [7, 11) is 1.33. The van der Waals surface area contributed by atoms with Gasteiger partial charge in [0.25, 0.3) is 0 Å². The molecule has 0 N–H and O–H groups in total. The Labute approximate surface area is 121 Å². The molecule has 0 unspecified atom stereocenters. The van der Waals surface area contributed by atoms with Gasteiger partial charge in [-0.15, -0.1) is 0 Å². The minimum absolute atomic E-state index is 0.269. The zero-order valence-corrected chi connectivity index (χ0v) is 11.3. The van der Waals surface area contributed by atoms with Crippen molar-refractivity contribution in [3.8, 4) is 11.3 Å². The van der Waals surface area contributed by atoms with Crippen LogP contribution in [0.25, 0.3) is 22.0 Å². The van der Waals surface area contributed by atoms with E-state index in [1.54, 1.807) is 30.5 Å². The van der Waals surface area contributed by atoms with E-state index in [1.807, 2.05) is 18.2 Å². The molecule has 0 radical (unpaired) electrons. The highest BCUT2D eigenvalue weighted by atomic mass is 19.1. The fraction of sp³-hybridized carbons (Fsp3) is 0.0588. The molecule has 0 aliphatic rings. The lowest BCUT2D eigenvalue weighted by atomic mass is 9.99. The molecule has 0 saturated heterocycles. The Morgan fingerprint density at radius 1 is 1.14 bits per heavy atom. The Hall–Kier alpha value is -2.75. The van der Waals surface area contributed by atoms with Crippen LogP contribution in [0.15, 0.2) is 54.7 Å². The number of halogens is 1. The molecule has 0 bridgehead atoms. The van der Waals surface area contributed by atoms with Crippen molar-refractivity contribution in [2.45, 2.75) is 0 Å². The van der Waals surface area contributed by atoms with Crippen LogP contribution in [0.3, 0.4) is 0 Å². The van der Waals surface area contributed by atoms with E-state index in [1.165, 1.54) is 13.2 Å². The van der Waals surface area contributed by atoms with E-state index in [0.717, 1.165) is 10.8 Å². The first-order chi connectivity index (χ1) is 10.2. The van der Waals surface area contributed by atoms with Crippen molar-refractivity contribution < 1.29 is 13.9 Å². The Bertz CT molecular complexity index is 830. The summed E-state index contributed by atoms with van der Waals surface area (Å²) >= 11 is 0. The van der Waals surface area contributed by atoms with E-state index in [9.17, 15) is 9.18 Å². The Morgan fingerprint density at radius 3 is 2.76 bits per heavy atom. The third-order valence-corrected chi connectivity index (χ3v) is 3.32.